The first kappa shape index (κ1) is 10.6. The number of carbonyl (C=O) groups is 1. The molecule has 0 aliphatic carbocycles. The van der Waals surface area contributed by atoms with Crippen LogP contribution in [-0.4, -0.2) is 28.4 Å². The van der Waals surface area contributed by atoms with Gasteiger partial charge in [0.1, 0.15) is 0 Å². The number of aromatic nitrogens is 2. The number of hydrogen-bond donors (Lipinski definition) is 1. The quantitative estimate of drug-likeness (QED) is 0.706. The number of nitrogens with two attached hydrogens (primary N) is 1. The Bertz CT molecular complexity index is 327. The normalized spacial score (nSPS) is 11.1. The number of ketones is 1. The number of carbonyl (C=O) groups excluding carboxylic acids is 1. The average Bonchev–Trinajstić information content (AvgIpc) is 2.15. The van der Waals surface area contributed by atoms with E-state index < -0.39 is 5.54 Å². The number of Topliss-reactive ketones (excluding diaryl/α,β-unsaturated/α-hetero) is 1. The molecule has 5 nitrogen and oxygen atoms in total. The maximum Gasteiger partial charge on any atom is 0.316 e. The fraction of sp³-hybridized carbons (Fsp3) is 0.444. The molecule has 2 N–H and O–H groups in total. The van der Waals surface area contributed by atoms with Crippen molar-refractivity contribution in [3.8, 4) is 6.01 Å². The number of methoxy groups -OCH3 is 1. The lowest BCUT2D eigenvalue weighted by Gasteiger charge is -2.15. The number of ether oxygens (including phenoxy) is 1. The molecule has 1 rings (SSSR count). The summed E-state index contributed by atoms with van der Waals surface area (Å²) < 4.78 is 4.77. The maximum absolute atomic E-state index is 11.6. The third kappa shape index (κ3) is 2.26. The van der Waals surface area contributed by atoms with Crippen LogP contribution in [0.4, 0.5) is 0 Å². The van der Waals surface area contributed by atoms with Crippen molar-refractivity contribution in [3.05, 3.63) is 18.0 Å². The SMILES string of the molecule is COc1ncc(C(=O)C(C)(C)N)cn1. The summed E-state index contributed by atoms with van der Waals surface area (Å²) in [5.41, 5.74) is 5.13. The summed E-state index contributed by atoms with van der Waals surface area (Å²) >= 11 is 0. The fourth-order valence-corrected chi connectivity index (χ4v) is 0.911. The van der Waals surface area contributed by atoms with Crippen molar-refractivity contribution in [2.45, 2.75) is 19.4 Å². The molecule has 0 spiro atoms. The van der Waals surface area contributed by atoms with Gasteiger partial charge in [-0.15, -0.1) is 0 Å². The van der Waals surface area contributed by atoms with E-state index >= 15 is 0 Å². The molecule has 5 heteroatoms. The fourth-order valence-electron chi connectivity index (χ4n) is 0.911. The van der Waals surface area contributed by atoms with Crippen LogP contribution in [0, 0.1) is 0 Å². The summed E-state index contributed by atoms with van der Waals surface area (Å²) in [7, 11) is 1.46. The molecule has 0 atom stereocenters. The van der Waals surface area contributed by atoms with Gasteiger partial charge >= 0.3 is 6.01 Å². The second-order valence-corrected chi connectivity index (χ2v) is 3.51. The molecule has 0 saturated heterocycles. The summed E-state index contributed by atoms with van der Waals surface area (Å²) in [6, 6.07) is 0.233. The molecule has 1 aromatic rings. The summed E-state index contributed by atoms with van der Waals surface area (Å²) in [4.78, 5) is 19.3. The Morgan fingerprint density at radius 2 is 1.93 bits per heavy atom. The third-order valence-corrected chi connectivity index (χ3v) is 1.66. The largest absolute Gasteiger partial charge is 0.467 e. The van der Waals surface area contributed by atoms with Gasteiger partial charge in [0.05, 0.1) is 18.2 Å². The Balaban J connectivity index is 2.93. The summed E-state index contributed by atoms with van der Waals surface area (Å²) in [5.74, 6) is -0.194. The Morgan fingerprint density at radius 3 is 2.29 bits per heavy atom. The molecule has 0 aromatic carbocycles. The van der Waals surface area contributed by atoms with Crippen LogP contribution < -0.4 is 10.5 Å². The Morgan fingerprint density at radius 1 is 1.43 bits per heavy atom. The van der Waals surface area contributed by atoms with Gasteiger partial charge < -0.3 is 10.5 Å². The van der Waals surface area contributed by atoms with Gasteiger partial charge in [-0.2, -0.15) is 0 Å². The van der Waals surface area contributed by atoms with E-state index in [1.807, 2.05) is 0 Å². The summed E-state index contributed by atoms with van der Waals surface area (Å²) in [6.07, 6.45) is 2.81. The Kier molecular flexibility index (Phi) is 2.81. The van der Waals surface area contributed by atoms with E-state index in [9.17, 15) is 4.79 Å². The van der Waals surface area contributed by atoms with E-state index in [-0.39, 0.29) is 11.8 Å². The minimum atomic E-state index is -0.905. The van der Waals surface area contributed by atoms with Crippen molar-refractivity contribution in [2.75, 3.05) is 7.11 Å². The number of hydrogen-bond acceptors (Lipinski definition) is 5. The Labute approximate surface area is 82.3 Å². The van der Waals surface area contributed by atoms with Crippen LogP contribution >= 0.6 is 0 Å². The molecule has 0 aliphatic rings. The molecule has 1 heterocycles. The zero-order chi connectivity index (χ0) is 10.8. The van der Waals surface area contributed by atoms with Gasteiger partial charge in [-0.25, -0.2) is 9.97 Å². The van der Waals surface area contributed by atoms with Crippen molar-refractivity contribution in [2.24, 2.45) is 5.73 Å². The minimum Gasteiger partial charge on any atom is -0.467 e. The molecular weight excluding hydrogens is 182 g/mol. The van der Waals surface area contributed by atoms with Gasteiger partial charge in [0.15, 0.2) is 5.78 Å². The number of rotatable bonds is 3. The topological polar surface area (TPSA) is 78.1 Å². The van der Waals surface area contributed by atoms with Crippen LogP contribution in [-0.2, 0) is 0 Å². The molecular formula is C9H13N3O2. The van der Waals surface area contributed by atoms with E-state index in [2.05, 4.69) is 9.97 Å². The molecule has 0 amide bonds. The highest BCUT2D eigenvalue weighted by Crippen LogP contribution is 2.09. The van der Waals surface area contributed by atoms with Crippen LogP contribution in [0.2, 0.25) is 0 Å². The summed E-state index contributed by atoms with van der Waals surface area (Å²) in [5, 5.41) is 0. The van der Waals surface area contributed by atoms with Gasteiger partial charge in [-0.3, -0.25) is 4.79 Å². The van der Waals surface area contributed by atoms with Gasteiger partial charge in [0.2, 0.25) is 0 Å². The molecule has 0 unspecified atom stereocenters. The van der Waals surface area contributed by atoms with Crippen LogP contribution in [0.3, 0.4) is 0 Å². The minimum absolute atomic E-state index is 0.194. The van der Waals surface area contributed by atoms with Crippen molar-refractivity contribution < 1.29 is 9.53 Å². The predicted molar refractivity (Wildman–Crippen MR) is 51.2 cm³/mol. The molecule has 0 bridgehead atoms. The van der Waals surface area contributed by atoms with Gasteiger partial charge in [-0.05, 0) is 13.8 Å². The van der Waals surface area contributed by atoms with Crippen LogP contribution in [0.25, 0.3) is 0 Å². The lowest BCUT2D eigenvalue weighted by atomic mass is 9.96. The third-order valence-electron chi connectivity index (χ3n) is 1.66. The van der Waals surface area contributed by atoms with Crippen LogP contribution in [0.1, 0.15) is 24.2 Å². The van der Waals surface area contributed by atoms with Crippen molar-refractivity contribution in [3.63, 3.8) is 0 Å². The van der Waals surface area contributed by atoms with Gasteiger partial charge in [0.25, 0.3) is 0 Å². The molecule has 0 aliphatic heterocycles. The van der Waals surface area contributed by atoms with Gasteiger partial charge in [-0.1, -0.05) is 0 Å². The van der Waals surface area contributed by atoms with Crippen LogP contribution in [0.5, 0.6) is 6.01 Å². The zero-order valence-electron chi connectivity index (χ0n) is 8.44. The second kappa shape index (κ2) is 3.71. The molecule has 14 heavy (non-hydrogen) atoms. The maximum atomic E-state index is 11.6. The molecule has 0 radical (unpaired) electrons. The molecule has 1 aromatic heterocycles. The van der Waals surface area contributed by atoms with E-state index in [1.165, 1.54) is 19.5 Å². The molecule has 76 valence electrons. The molecule has 0 fully saturated rings. The average molecular weight is 195 g/mol. The van der Waals surface area contributed by atoms with E-state index in [0.29, 0.717) is 5.56 Å². The molecule has 0 saturated carbocycles. The first-order valence-corrected chi connectivity index (χ1v) is 4.15. The first-order chi connectivity index (χ1) is 6.45. The first-order valence-electron chi connectivity index (χ1n) is 4.15. The van der Waals surface area contributed by atoms with Crippen molar-refractivity contribution in [1.82, 2.24) is 9.97 Å². The van der Waals surface area contributed by atoms with Crippen molar-refractivity contribution >= 4 is 5.78 Å². The van der Waals surface area contributed by atoms with Crippen LogP contribution in [0.15, 0.2) is 12.4 Å². The van der Waals surface area contributed by atoms with E-state index in [4.69, 9.17) is 10.5 Å². The predicted octanol–water partition coefficient (Wildman–Crippen LogP) is 0.405. The highest BCUT2D eigenvalue weighted by Gasteiger charge is 2.23. The summed E-state index contributed by atoms with van der Waals surface area (Å²) in [6.45, 7) is 3.28. The van der Waals surface area contributed by atoms with E-state index in [1.54, 1.807) is 13.8 Å². The lowest BCUT2D eigenvalue weighted by molar-refractivity contribution is 0.0912. The monoisotopic (exact) mass is 195 g/mol. The highest BCUT2D eigenvalue weighted by atomic mass is 16.5. The van der Waals surface area contributed by atoms with Crippen molar-refractivity contribution in [1.29, 1.82) is 0 Å². The highest BCUT2D eigenvalue weighted by molar-refractivity contribution is 6.02. The number of nitrogens with zero attached hydrogens (tertiary/aromatic N) is 2. The standard InChI is InChI=1S/C9H13N3O2/c1-9(2,10)7(13)6-4-11-8(14-3)12-5-6/h4-5H,10H2,1-3H3. The smallest absolute Gasteiger partial charge is 0.316 e. The van der Waals surface area contributed by atoms with Gasteiger partial charge in [0, 0.05) is 12.4 Å². The second-order valence-electron chi connectivity index (χ2n) is 3.51. The lowest BCUT2D eigenvalue weighted by Crippen LogP contribution is -2.41. The Hall–Kier alpha value is -1.49. The zero-order valence-corrected chi connectivity index (χ0v) is 8.44. The van der Waals surface area contributed by atoms with E-state index in [0.717, 1.165) is 0 Å².